The molecule has 4 heteroatoms. The van der Waals surface area contributed by atoms with Crippen molar-refractivity contribution in [2.45, 2.75) is 13.8 Å². The van der Waals surface area contributed by atoms with Crippen molar-refractivity contribution in [2.75, 3.05) is 18.0 Å². The van der Waals surface area contributed by atoms with Crippen LogP contribution in [0.3, 0.4) is 0 Å². The van der Waals surface area contributed by atoms with Crippen LogP contribution in [0.15, 0.2) is 36.4 Å². The predicted molar refractivity (Wildman–Crippen MR) is 86.8 cm³/mol. The van der Waals surface area contributed by atoms with Crippen molar-refractivity contribution in [3.63, 3.8) is 0 Å². The van der Waals surface area contributed by atoms with Crippen molar-refractivity contribution < 1.29 is 4.79 Å². The number of carbonyl (C=O) groups is 1. The van der Waals surface area contributed by atoms with E-state index in [-0.39, 0.29) is 6.03 Å². The highest BCUT2D eigenvalue weighted by molar-refractivity contribution is 5.95. The van der Waals surface area contributed by atoms with Crippen LogP contribution in [0.5, 0.6) is 0 Å². The second-order valence-corrected chi connectivity index (χ2v) is 5.45. The van der Waals surface area contributed by atoms with Crippen molar-refractivity contribution in [2.24, 2.45) is 0 Å². The van der Waals surface area contributed by atoms with Gasteiger partial charge >= 0.3 is 6.03 Å². The fraction of sp³-hybridized carbons (Fsp3) is 0.222. The minimum absolute atomic E-state index is 0.0337. The molecule has 0 radical (unpaired) electrons. The average Bonchev–Trinajstić information content (AvgIpc) is 2.96. The van der Waals surface area contributed by atoms with Crippen LogP contribution in [0.25, 0.3) is 11.1 Å². The molecule has 1 saturated heterocycles. The molecule has 4 nitrogen and oxygen atoms in total. The summed E-state index contributed by atoms with van der Waals surface area (Å²) in [5, 5.41) is 11.7. The monoisotopic (exact) mass is 291 g/mol. The van der Waals surface area contributed by atoms with E-state index in [1.807, 2.05) is 43.3 Å². The summed E-state index contributed by atoms with van der Waals surface area (Å²) < 4.78 is 0. The molecule has 1 N–H and O–H groups in total. The lowest BCUT2D eigenvalue weighted by molar-refractivity contribution is 0.252. The van der Waals surface area contributed by atoms with E-state index >= 15 is 0 Å². The number of nitrogens with one attached hydrogen (secondary N) is 1. The number of hydrogen-bond acceptors (Lipinski definition) is 2. The maximum Gasteiger partial charge on any atom is 0.322 e. The largest absolute Gasteiger partial charge is 0.336 e. The molecule has 2 amide bonds. The molecule has 110 valence electrons. The molecule has 0 bridgehead atoms. The molecule has 0 spiro atoms. The SMILES string of the molecule is Cc1c(-c2ccc(C#N)cc2)ccc(N2CCNC2=O)c1C. The zero-order valence-corrected chi connectivity index (χ0v) is 12.7. The lowest BCUT2D eigenvalue weighted by Crippen LogP contribution is -2.28. The first-order valence-electron chi connectivity index (χ1n) is 7.28. The summed E-state index contributed by atoms with van der Waals surface area (Å²) in [5.74, 6) is 0. The third kappa shape index (κ3) is 2.31. The molecule has 1 fully saturated rings. The summed E-state index contributed by atoms with van der Waals surface area (Å²) in [4.78, 5) is 13.6. The molecule has 0 atom stereocenters. The highest BCUT2D eigenvalue weighted by atomic mass is 16.2. The van der Waals surface area contributed by atoms with Gasteiger partial charge < -0.3 is 5.32 Å². The number of carbonyl (C=O) groups excluding carboxylic acids is 1. The van der Waals surface area contributed by atoms with E-state index in [2.05, 4.69) is 18.3 Å². The lowest BCUT2D eigenvalue weighted by Gasteiger charge is -2.20. The van der Waals surface area contributed by atoms with Crippen LogP contribution in [0.2, 0.25) is 0 Å². The van der Waals surface area contributed by atoms with Gasteiger partial charge in [-0.1, -0.05) is 18.2 Å². The van der Waals surface area contributed by atoms with Crippen molar-refractivity contribution >= 4 is 11.7 Å². The van der Waals surface area contributed by atoms with Gasteiger partial charge in [-0.25, -0.2) is 4.79 Å². The van der Waals surface area contributed by atoms with E-state index in [4.69, 9.17) is 5.26 Å². The van der Waals surface area contributed by atoms with E-state index in [1.165, 1.54) is 0 Å². The van der Waals surface area contributed by atoms with Crippen molar-refractivity contribution in [1.82, 2.24) is 5.32 Å². The minimum atomic E-state index is -0.0337. The van der Waals surface area contributed by atoms with Crippen LogP contribution in [-0.4, -0.2) is 19.1 Å². The zero-order chi connectivity index (χ0) is 15.7. The van der Waals surface area contributed by atoms with Gasteiger partial charge in [0.15, 0.2) is 0 Å². The molecular formula is C18H17N3O. The van der Waals surface area contributed by atoms with Crippen LogP contribution in [0.4, 0.5) is 10.5 Å². The third-order valence-electron chi connectivity index (χ3n) is 4.23. The number of rotatable bonds is 2. The van der Waals surface area contributed by atoms with E-state index in [1.54, 1.807) is 4.90 Å². The highest BCUT2D eigenvalue weighted by Gasteiger charge is 2.23. The van der Waals surface area contributed by atoms with Gasteiger partial charge in [-0.15, -0.1) is 0 Å². The highest BCUT2D eigenvalue weighted by Crippen LogP contribution is 2.32. The quantitative estimate of drug-likeness (QED) is 0.922. The summed E-state index contributed by atoms with van der Waals surface area (Å²) in [6.45, 7) is 5.51. The lowest BCUT2D eigenvalue weighted by atomic mass is 9.95. The van der Waals surface area contributed by atoms with E-state index in [9.17, 15) is 4.79 Å². The topological polar surface area (TPSA) is 56.1 Å². The maximum atomic E-state index is 11.8. The number of benzene rings is 2. The van der Waals surface area contributed by atoms with Gasteiger partial charge in [0.05, 0.1) is 11.6 Å². The fourth-order valence-electron chi connectivity index (χ4n) is 2.84. The molecule has 0 saturated carbocycles. The molecule has 0 aromatic heterocycles. The molecule has 3 rings (SSSR count). The van der Waals surface area contributed by atoms with Crippen LogP contribution in [-0.2, 0) is 0 Å². The Morgan fingerprint density at radius 1 is 1.09 bits per heavy atom. The van der Waals surface area contributed by atoms with Gasteiger partial charge in [-0.05, 0) is 54.3 Å². The standard InChI is InChI=1S/C18H17N3O/c1-12-13(2)17(21-10-9-20-18(21)22)8-7-16(12)15-5-3-14(11-19)4-6-15/h3-8H,9-10H2,1-2H3,(H,20,22). The Bertz CT molecular complexity index is 772. The number of urea groups is 1. The van der Waals surface area contributed by atoms with E-state index in [0.717, 1.165) is 27.9 Å². The fourth-order valence-corrected chi connectivity index (χ4v) is 2.84. The number of nitrogens with zero attached hydrogens (tertiary/aromatic N) is 2. The summed E-state index contributed by atoms with van der Waals surface area (Å²) in [5.41, 5.74) is 6.09. The molecule has 1 aliphatic heterocycles. The van der Waals surface area contributed by atoms with Crippen molar-refractivity contribution in [3.05, 3.63) is 53.1 Å². The molecular weight excluding hydrogens is 274 g/mol. The van der Waals surface area contributed by atoms with Crippen LogP contribution >= 0.6 is 0 Å². The first-order valence-corrected chi connectivity index (χ1v) is 7.28. The first-order chi connectivity index (χ1) is 10.6. The second-order valence-electron chi connectivity index (χ2n) is 5.45. The van der Waals surface area contributed by atoms with Gasteiger partial charge in [0.1, 0.15) is 0 Å². The third-order valence-corrected chi connectivity index (χ3v) is 4.23. The number of nitriles is 1. The second kappa shape index (κ2) is 5.53. The molecule has 1 aliphatic rings. The number of anilines is 1. The summed E-state index contributed by atoms with van der Waals surface area (Å²) in [7, 11) is 0. The zero-order valence-electron chi connectivity index (χ0n) is 12.7. The Labute approximate surface area is 130 Å². The van der Waals surface area contributed by atoms with E-state index in [0.29, 0.717) is 18.7 Å². The predicted octanol–water partition coefficient (Wildman–Crippen LogP) is 3.37. The summed E-state index contributed by atoms with van der Waals surface area (Å²) >= 11 is 0. The van der Waals surface area contributed by atoms with Crippen LogP contribution < -0.4 is 10.2 Å². The van der Waals surface area contributed by atoms with Crippen LogP contribution in [0, 0.1) is 25.2 Å². The Morgan fingerprint density at radius 2 is 1.82 bits per heavy atom. The Balaban J connectivity index is 2.02. The average molecular weight is 291 g/mol. The van der Waals surface area contributed by atoms with Gasteiger partial charge in [-0.3, -0.25) is 4.90 Å². The van der Waals surface area contributed by atoms with Gasteiger partial charge in [-0.2, -0.15) is 5.26 Å². The summed E-state index contributed by atoms with van der Waals surface area (Å²) in [6.07, 6.45) is 0. The molecule has 2 aromatic carbocycles. The molecule has 0 aliphatic carbocycles. The van der Waals surface area contributed by atoms with Gasteiger partial charge in [0, 0.05) is 18.8 Å². The number of hydrogen-bond donors (Lipinski definition) is 1. The maximum absolute atomic E-state index is 11.8. The van der Waals surface area contributed by atoms with Gasteiger partial charge in [0.25, 0.3) is 0 Å². The van der Waals surface area contributed by atoms with E-state index < -0.39 is 0 Å². The molecule has 0 unspecified atom stereocenters. The summed E-state index contributed by atoms with van der Waals surface area (Å²) in [6, 6.07) is 13.7. The Morgan fingerprint density at radius 3 is 2.41 bits per heavy atom. The van der Waals surface area contributed by atoms with Crippen LogP contribution in [0.1, 0.15) is 16.7 Å². The smallest absolute Gasteiger partial charge is 0.322 e. The number of amides is 2. The van der Waals surface area contributed by atoms with Crippen molar-refractivity contribution in [1.29, 1.82) is 5.26 Å². The normalized spacial score (nSPS) is 13.9. The Hall–Kier alpha value is -2.80. The minimum Gasteiger partial charge on any atom is -0.336 e. The molecule has 1 heterocycles. The van der Waals surface area contributed by atoms with Gasteiger partial charge in [0.2, 0.25) is 0 Å². The first kappa shape index (κ1) is 14.2. The van der Waals surface area contributed by atoms with Crippen molar-refractivity contribution in [3.8, 4) is 17.2 Å². The Kier molecular flexibility index (Phi) is 3.56. The molecule has 2 aromatic rings. The molecule has 22 heavy (non-hydrogen) atoms.